The van der Waals surface area contributed by atoms with Crippen LogP contribution in [0.4, 0.5) is 5.82 Å². The molecule has 2 aromatic rings. The van der Waals surface area contributed by atoms with Crippen molar-refractivity contribution in [3.05, 3.63) is 36.2 Å². The fraction of sp³-hybridized carbons (Fsp3) is 0. The van der Waals surface area contributed by atoms with Gasteiger partial charge in [0.15, 0.2) is 0 Å². The Kier molecular flexibility index (Phi) is 1.92. The average molecular weight is 184 g/mol. The number of aromatic nitrogens is 2. The van der Waals surface area contributed by atoms with Gasteiger partial charge >= 0.3 is 0 Å². The fourth-order valence-electron chi connectivity index (χ4n) is 1.32. The molecule has 2 heterocycles. The first-order valence-corrected chi connectivity index (χ1v) is 4.11. The van der Waals surface area contributed by atoms with Crippen LogP contribution in [-0.2, 0) is 0 Å². The van der Waals surface area contributed by atoms with Crippen molar-refractivity contribution >= 4 is 5.82 Å². The van der Waals surface area contributed by atoms with Crippen molar-refractivity contribution in [2.24, 2.45) is 0 Å². The largest absolute Gasteiger partial charge is 0.383 e. The molecule has 4 heteroatoms. The lowest BCUT2D eigenvalue weighted by molar-refractivity contribution is 1.29. The third-order valence-electron chi connectivity index (χ3n) is 1.98. The number of anilines is 1. The summed E-state index contributed by atoms with van der Waals surface area (Å²) in [6.45, 7) is 0. The molecule has 0 amide bonds. The minimum Gasteiger partial charge on any atom is -0.383 e. The van der Waals surface area contributed by atoms with Crippen molar-refractivity contribution in [1.82, 2.24) is 9.97 Å². The van der Waals surface area contributed by atoms with Crippen molar-refractivity contribution in [2.75, 3.05) is 5.73 Å². The van der Waals surface area contributed by atoms with Crippen LogP contribution in [0.25, 0.3) is 11.3 Å². The van der Waals surface area contributed by atoms with E-state index in [2.05, 4.69) is 9.97 Å². The molecule has 0 atom stereocenters. The van der Waals surface area contributed by atoms with Gasteiger partial charge in [0.05, 0.1) is 0 Å². The van der Waals surface area contributed by atoms with Crippen LogP contribution in [-0.4, -0.2) is 9.97 Å². The number of hydrogen-bond acceptors (Lipinski definition) is 3. The molecule has 68 valence electrons. The first-order chi connectivity index (χ1) is 6.83. The van der Waals surface area contributed by atoms with E-state index in [-0.39, 0.29) is 5.82 Å². The molecule has 3 N–H and O–H groups in total. The zero-order valence-corrected chi connectivity index (χ0v) is 7.36. The third kappa shape index (κ3) is 1.21. The van der Waals surface area contributed by atoms with Crippen molar-refractivity contribution in [1.29, 1.82) is 5.26 Å². The monoisotopic (exact) mass is 184 g/mol. The molecule has 0 unspecified atom stereocenters. The molecule has 0 aliphatic carbocycles. The summed E-state index contributed by atoms with van der Waals surface area (Å²) in [7, 11) is 0. The Balaban J connectivity index is 2.66. The van der Waals surface area contributed by atoms with Crippen LogP contribution in [0.2, 0.25) is 0 Å². The molecule has 0 aliphatic heterocycles. The highest BCUT2D eigenvalue weighted by atomic mass is 14.8. The zero-order valence-electron chi connectivity index (χ0n) is 7.36. The summed E-state index contributed by atoms with van der Waals surface area (Å²) in [5.74, 6) is 0.264. The highest BCUT2D eigenvalue weighted by Crippen LogP contribution is 2.23. The Bertz CT molecular complexity index is 479. The maximum Gasteiger partial charge on any atom is 0.141 e. The molecule has 0 aromatic carbocycles. The third-order valence-corrected chi connectivity index (χ3v) is 1.98. The topological polar surface area (TPSA) is 78.5 Å². The SMILES string of the molecule is N#Cc1c(-c2ccc[nH]2)ccnc1N. The number of nitrogen functional groups attached to an aromatic ring is 1. The number of pyridine rings is 1. The number of rotatable bonds is 1. The van der Waals surface area contributed by atoms with Gasteiger partial charge in [-0.05, 0) is 18.2 Å². The predicted octanol–water partition coefficient (Wildman–Crippen LogP) is 1.53. The van der Waals surface area contributed by atoms with Crippen LogP contribution in [0.15, 0.2) is 30.6 Å². The number of nitrogens with one attached hydrogen (secondary N) is 1. The first-order valence-electron chi connectivity index (χ1n) is 4.11. The normalized spacial score (nSPS) is 9.64. The molecule has 0 spiro atoms. The van der Waals surface area contributed by atoms with Crippen LogP contribution in [0, 0.1) is 11.3 Å². The molecule has 0 saturated heterocycles. The summed E-state index contributed by atoms with van der Waals surface area (Å²) in [6.07, 6.45) is 3.39. The van der Waals surface area contributed by atoms with Crippen molar-refractivity contribution in [3.63, 3.8) is 0 Å². The van der Waals surface area contributed by atoms with Gasteiger partial charge in [-0.2, -0.15) is 5.26 Å². The van der Waals surface area contributed by atoms with Crippen LogP contribution >= 0.6 is 0 Å². The molecule has 0 saturated carbocycles. The Hall–Kier alpha value is -2.28. The maximum atomic E-state index is 8.91. The number of nitriles is 1. The van der Waals surface area contributed by atoms with E-state index < -0.39 is 0 Å². The number of aromatic amines is 1. The molecule has 14 heavy (non-hydrogen) atoms. The summed E-state index contributed by atoms with van der Waals surface area (Å²) in [6, 6.07) is 7.56. The second kappa shape index (κ2) is 3.23. The van der Waals surface area contributed by atoms with Crippen molar-refractivity contribution in [2.45, 2.75) is 0 Å². The predicted molar refractivity (Wildman–Crippen MR) is 53.2 cm³/mol. The lowest BCUT2D eigenvalue weighted by atomic mass is 10.1. The van der Waals surface area contributed by atoms with Crippen molar-refractivity contribution < 1.29 is 0 Å². The molecular formula is C10H8N4. The van der Waals surface area contributed by atoms with E-state index in [0.717, 1.165) is 11.3 Å². The zero-order chi connectivity index (χ0) is 9.97. The second-order valence-corrected chi connectivity index (χ2v) is 2.81. The fourth-order valence-corrected chi connectivity index (χ4v) is 1.32. The summed E-state index contributed by atoms with van der Waals surface area (Å²) >= 11 is 0. The Morgan fingerprint density at radius 3 is 2.93 bits per heavy atom. The summed E-state index contributed by atoms with van der Waals surface area (Å²) in [5.41, 5.74) is 7.66. The van der Waals surface area contributed by atoms with Gasteiger partial charge in [-0.15, -0.1) is 0 Å². The minimum absolute atomic E-state index is 0.264. The number of nitrogens with two attached hydrogens (primary N) is 1. The number of hydrogen-bond donors (Lipinski definition) is 2. The van der Waals surface area contributed by atoms with Crippen molar-refractivity contribution in [3.8, 4) is 17.3 Å². The molecule has 0 radical (unpaired) electrons. The minimum atomic E-state index is 0.264. The van der Waals surface area contributed by atoms with Gasteiger partial charge in [0.1, 0.15) is 17.5 Å². The van der Waals surface area contributed by atoms with E-state index in [1.165, 1.54) is 0 Å². The summed E-state index contributed by atoms with van der Waals surface area (Å²) in [4.78, 5) is 6.88. The molecular weight excluding hydrogens is 176 g/mol. The number of nitrogens with zero attached hydrogens (tertiary/aromatic N) is 2. The quantitative estimate of drug-likeness (QED) is 0.705. The Morgan fingerprint density at radius 1 is 1.43 bits per heavy atom. The van der Waals surface area contributed by atoms with Crippen LogP contribution < -0.4 is 5.73 Å². The van der Waals surface area contributed by atoms with Gasteiger partial charge in [0.2, 0.25) is 0 Å². The lowest BCUT2D eigenvalue weighted by Gasteiger charge is -2.02. The van der Waals surface area contributed by atoms with E-state index in [0.29, 0.717) is 5.56 Å². The van der Waals surface area contributed by atoms with Gasteiger partial charge in [-0.25, -0.2) is 4.98 Å². The van der Waals surface area contributed by atoms with E-state index in [9.17, 15) is 0 Å². The van der Waals surface area contributed by atoms with Gasteiger partial charge in [-0.3, -0.25) is 0 Å². The first kappa shape index (κ1) is 8.32. The summed E-state index contributed by atoms with van der Waals surface area (Å²) < 4.78 is 0. The van der Waals surface area contributed by atoms with E-state index in [4.69, 9.17) is 11.0 Å². The van der Waals surface area contributed by atoms with E-state index in [1.807, 2.05) is 18.2 Å². The van der Waals surface area contributed by atoms with E-state index in [1.54, 1.807) is 18.5 Å². The number of H-pyrrole nitrogens is 1. The Morgan fingerprint density at radius 2 is 2.29 bits per heavy atom. The average Bonchev–Trinajstić information content (AvgIpc) is 2.70. The van der Waals surface area contributed by atoms with Gasteiger partial charge in [0, 0.05) is 23.7 Å². The summed E-state index contributed by atoms with van der Waals surface area (Å²) in [5, 5.41) is 8.91. The molecule has 0 aliphatic rings. The van der Waals surface area contributed by atoms with Crippen LogP contribution in [0.5, 0.6) is 0 Å². The molecule has 0 fully saturated rings. The maximum absolute atomic E-state index is 8.91. The second-order valence-electron chi connectivity index (χ2n) is 2.81. The molecule has 0 bridgehead atoms. The standard InChI is InChI=1S/C10H8N4/c11-6-8-7(3-5-14-10(8)12)9-2-1-4-13-9/h1-5,13H,(H2,12,14). The molecule has 2 aromatic heterocycles. The smallest absolute Gasteiger partial charge is 0.141 e. The van der Waals surface area contributed by atoms with Crippen LogP contribution in [0.3, 0.4) is 0 Å². The molecule has 4 nitrogen and oxygen atoms in total. The lowest BCUT2D eigenvalue weighted by Crippen LogP contribution is -1.96. The van der Waals surface area contributed by atoms with Gasteiger partial charge in [-0.1, -0.05) is 0 Å². The van der Waals surface area contributed by atoms with Crippen LogP contribution in [0.1, 0.15) is 5.56 Å². The van der Waals surface area contributed by atoms with Gasteiger partial charge < -0.3 is 10.7 Å². The highest BCUT2D eigenvalue weighted by molar-refractivity contribution is 5.72. The van der Waals surface area contributed by atoms with E-state index >= 15 is 0 Å². The highest BCUT2D eigenvalue weighted by Gasteiger charge is 2.08. The van der Waals surface area contributed by atoms with Gasteiger partial charge in [0.25, 0.3) is 0 Å². The molecule has 2 rings (SSSR count). The Labute approximate surface area is 81.0 Å².